The lowest BCUT2D eigenvalue weighted by molar-refractivity contribution is -0.132. The molecular formula is C14H21N5O. The molecule has 0 aliphatic carbocycles. The Balaban J connectivity index is 1.51. The first-order chi connectivity index (χ1) is 9.60. The fraction of sp³-hybridized carbons (Fsp3) is 0.714. The Hall–Kier alpha value is -1.72. The van der Waals surface area contributed by atoms with Crippen LogP contribution < -0.4 is 0 Å². The van der Waals surface area contributed by atoms with E-state index in [0.717, 1.165) is 43.9 Å². The van der Waals surface area contributed by atoms with E-state index in [1.165, 1.54) is 0 Å². The Labute approximate surface area is 118 Å². The fourth-order valence-electron chi connectivity index (χ4n) is 2.85. The van der Waals surface area contributed by atoms with Crippen molar-refractivity contribution in [1.82, 2.24) is 14.9 Å². The van der Waals surface area contributed by atoms with Crippen molar-refractivity contribution >= 4 is 5.91 Å². The highest BCUT2D eigenvalue weighted by Gasteiger charge is 2.44. The third-order valence-corrected chi connectivity index (χ3v) is 4.42. The van der Waals surface area contributed by atoms with Gasteiger partial charge in [-0.2, -0.15) is 10.2 Å². The highest BCUT2D eigenvalue weighted by atomic mass is 16.2. The molecule has 0 aromatic carbocycles. The van der Waals surface area contributed by atoms with E-state index in [2.05, 4.69) is 34.0 Å². The Morgan fingerprint density at radius 3 is 2.70 bits per heavy atom. The molecule has 0 bridgehead atoms. The first-order valence-electron chi connectivity index (χ1n) is 7.35. The van der Waals surface area contributed by atoms with Crippen molar-refractivity contribution < 1.29 is 4.79 Å². The van der Waals surface area contributed by atoms with Crippen molar-refractivity contribution in [3.05, 3.63) is 17.7 Å². The Morgan fingerprint density at radius 2 is 2.15 bits per heavy atom. The number of aromatic amines is 1. The maximum atomic E-state index is 12.3. The number of rotatable bonds is 4. The van der Waals surface area contributed by atoms with Crippen LogP contribution >= 0.6 is 0 Å². The smallest absolute Gasteiger partial charge is 0.230 e. The van der Waals surface area contributed by atoms with Gasteiger partial charge >= 0.3 is 0 Å². The van der Waals surface area contributed by atoms with Crippen molar-refractivity contribution in [2.45, 2.75) is 45.2 Å². The number of H-pyrrole nitrogens is 1. The van der Waals surface area contributed by atoms with Crippen LogP contribution in [0.15, 0.2) is 16.4 Å². The van der Waals surface area contributed by atoms with Gasteiger partial charge in [0, 0.05) is 30.9 Å². The number of aromatic nitrogens is 2. The number of carbonyl (C=O) groups is 1. The van der Waals surface area contributed by atoms with E-state index in [1.807, 2.05) is 11.1 Å². The number of amides is 1. The Bertz CT molecular complexity index is 521. The molecule has 0 saturated carbocycles. The maximum Gasteiger partial charge on any atom is 0.230 e. The second-order valence-electron chi connectivity index (χ2n) is 5.83. The summed E-state index contributed by atoms with van der Waals surface area (Å²) in [5.41, 5.74) is 0.933. The van der Waals surface area contributed by atoms with E-state index in [1.54, 1.807) is 0 Å². The van der Waals surface area contributed by atoms with Crippen molar-refractivity contribution in [3.8, 4) is 0 Å². The molecule has 20 heavy (non-hydrogen) atoms. The Morgan fingerprint density at radius 1 is 1.45 bits per heavy atom. The van der Waals surface area contributed by atoms with E-state index in [0.29, 0.717) is 12.3 Å². The third-order valence-electron chi connectivity index (χ3n) is 4.42. The largest absolute Gasteiger partial charge is 0.345 e. The van der Waals surface area contributed by atoms with Crippen LogP contribution in [0, 0.1) is 5.92 Å². The fourth-order valence-corrected chi connectivity index (χ4v) is 2.85. The Kier molecular flexibility index (Phi) is 3.31. The van der Waals surface area contributed by atoms with E-state index in [4.69, 9.17) is 0 Å². The molecule has 1 amide bonds. The zero-order valence-electron chi connectivity index (χ0n) is 12.1. The summed E-state index contributed by atoms with van der Waals surface area (Å²) >= 11 is 0. The lowest BCUT2D eigenvalue weighted by atomic mass is 9.88. The van der Waals surface area contributed by atoms with Gasteiger partial charge in [-0.25, -0.2) is 4.98 Å². The molecule has 1 aromatic heterocycles. The summed E-state index contributed by atoms with van der Waals surface area (Å²) in [6.45, 7) is 5.76. The molecule has 0 radical (unpaired) electrons. The molecule has 2 aliphatic heterocycles. The van der Waals surface area contributed by atoms with Gasteiger partial charge in [-0.15, -0.1) is 0 Å². The zero-order chi connectivity index (χ0) is 14.2. The summed E-state index contributed by atoms with van der Waals surface area (Å²) in [5, 5.41) is 8.23. The first-order valence-corrected chi connectivity index (χ1v) is 7.35. The molecule has 2 aliphatic rings. The van der Waals surface area contributed by atoms with Gasteiger partial charge in [0.2, 0.25) is 5.91 Å². The molecule has 1 N–H and O–H groups in total. The molecule has 0 unspecified atom stereocenters. The summed E-state index contributed by atoms with van der Waals surface area (Å²) in [6.07, 6.45) is 5.09. The summed E-state index contributed by atoms with van der Waals surface area (Å²) in [4.78, 5) is 21.6. The minimum Gasteiger partial charge on any atom is -0.345 e. The first kappa shape index (κ1) is 13.3. The highest BCUT2D eigenvalue weighted by Crippen LogP contribution is 2.41. The van der Waals surface area contributed by atoms with Crippen molar-refractivity contribution in [3.63, 3.8) is 0 Å². The van der Waals surface area contributed by atoms with Crippen LogP contribution in [0.25, 0.3) is 0 Å². The van der Waals surface area contributed by atoms with Crippen LogP contribution in [-0.4, -0.2) is 39.5 Å². The average molecular weight is 275 g/mol. The second kappa shape index (κ2) is 5.00. The lowest BCUT2D eigenvalue weighted by Gasteiger charge is -2.33. The summed E-state index contributed by atoms with van der Waals surface area (Å²) in [7, 11) is 0. The quantitative estimate of drug-likeness (QED) is 0.911. The van der Waals surface area contributed by atoms with Crippen LogP contribution in [0.5, 0.6) is 0 Å². The third kappa shape index (κ3) is 2.59. The molecule has 3 heterocycles. The predicted octanol–water partition coefficient (Wildman–Crippen LogP) is 1.94. The van der Waals surface area contributed by atoms with Crippen LogP contribution in [0.1, 0.15) is 38.2 Å². The SMILES string of the molecule is CCc1cnc(CC(=O)N2CCC(C3(C)N=N3)CC2)[nH]1. The number of hydrogen-bond acceptors (Lipinski definition) is 4. The summed E-state index contributed by atoms with van der Waals surface area (Å²) in [5.74, 6) is 1.44. The van der Waals surface area contributed by atoms with E-state index in [-0.39, 0.29) is 11.6 Å². The predicted molar refractivity (Wildman–Crippen MR) is 74.2 cm³/mol. The zero-order valence-corrected chi connectivity index (χ0v) is 12.1. The highest BCUT2D eigenvalue weighted by molar-refractivity contribution is 5.78. The van der Waals surface area contributed by atoms with Crippen LogP contribution in [0.4, 0.5) is 0 Å². The average Bonchev–Trinajstić information content (AvgIpc) is 3.06. The maximum absolute atomic E-state index is 12.3. The summed E-state index contributed by atoms with van der Waals surface area (Å²) in [6, 6.07) is 0. The molecule has 6 nitrogen and oxygen atoms in total. The second-order valence-corrected chi connectivity index (χ2v) is 5.83. The van der Waals surface area contributed by atoms with Crippen molar-refractivity contribution in [1.29, 1.82) is 0 Å². The minimum absolute atomic E-state index is 0.147. The van der Waals surface area contributed by atoms with Gasteiger partial charge < -0.3 is 9.88 Å². The molecule has 1 saturated heterocycles. The van der Waals surface area contributed by atoms with Gasteiger partial charge in [0.1, 0.15) is 5.82 Å². The van der Waals surface area contributed by atoms with Gasteiger partial charge in [-0.3, -0.25) is 4.79 Å². The van der Waals surface area contributed by atoms with E-state index in [9.17, 15) is 4.79 Å². The number of piperidine rings is 1. The standard InChI is InChI=1S/C14H21N5O/c1-3-11-9-15-12(16-11)8-13(20)19-6-4-10(5-7-19)14(2)17-18-14/h9-10H,3-8H2,1-2H3,(H,15,16). The normalized spacial score (nSPS) is 21.2. The monoisotopic (exact) mass is 275 g/mol. The van der Waals surface area contributed by atoms with E-state index >= 15 is 0 Å². The molecule has 108 valence electrons. The molecule has 0 atom stereocenters. The van der Waals surface area contributed by atoms with Gasteiger partial charge in [0.05, 0.1) is 6.42 Å². The molecule has 6 heteroatoms. The van der Waals surface area contributed by atoms with Crippen molar-refractivity contribution in [2.75, 3.05) is 13.1 Å². The van der Waals surface area contributed by atoms with Gasteiger partial charge in [0.25, 0.3) is 0 Å². The number of likely N-dealkylation sites (tertiary alicyclic amines) is 1. The van der Waals surface area contributed by atoms with Crippen LogP contribution in [0.2, 0.25) is 0 Å². The number of carbonyl (C=O) groups excluding carboxylic acids is 1. The number of nitrogens with zero attached hydrogens (tertiary/aromatic N) is 4. The van der Waals surface area contributed by atoms with Crippen LogP contribution in [0.3, 0.4) is 0 Å². The van der Waals surface area contributed by atoms with Gasteiger partial charge in [-0.05, 0) is 26.2 Å². The molecular weight excluding hydrogens is 254 g/mol. The topological polar surface area (TPSA) is 73.7 Å². The van der Waals surface area contributed by atoms with Crippen molar-refractivity contribution in [2.24, 2.45) is 16.1 Å². The molecule has 1 aromatic rings. The molecule has 0 spiro atoms. The molecule has 1 fully saturated rings. The number of imidazole rings is 1. The van der Waals surface area contributed by atoms with Gasteiger partial charge in [-0.1, -0.05) is 6.92 Å². The van der Waals surface area contributed by atoms with Gasteiger partial charge in [0.15, 0.2) is 5.66 Å². The lowest BCUT2D eigenvalue weighted by Crippen LogP contribution is -2.42. The minimum atomic E-state index is -0.147. The number of hydrogen-bond donors (Lipinski definition) is 1. The summed E-state index contributed by atoms with van der Waals surface area (Å²) < 4.78 is 0. The number of nitrogens with one attached hydrogen (secondary N) is 1. The van der Waals surface area contributed by atoms with Crippen LogP contribution in [-0.2, 0) is 17.6 Å². The number of aryl methyl sites for hydroxylation is 1. The van der Waals surface area contributed by atoms with E-state index < -0.39 is 0 Å². The molecule has 3 rings (SSSR count).